The number of amides is 1. The van der Waals surface area contributed by atoms with Crippen molar-refractivity contribution in [3.63, 3.8) is 0 Å². The summed E-state index contributed by atoms with van der Waals surface area (Å²) in [6.07, 6.45) is 1.16. The van der Waals surface area contributed by atoms with E-state index in [-0.39, 0.29) is 24.4 Å². The molecule has 0 aromatic heterocycles. The van der Waals surface area contributed by atoms with Gasteiger partial charge in [0, 0.05) is 10.6 Å². The topological polar surface area (TPSA) is 75.7 Å². The number of hydrogen-bond donors (Lipinski definition) is 1. The van der Waals surface area contributed by atoms with Crippen LogP contribution in [0.5, 0.6) is 5.75 Å². The van der Waals surface area contributed by atoms with Crippen molar-refractivity contribution in [3.8, 4) is 5.75 Å². The summed E-state index contributed by atoms with van der Waals surface area (Å²) in [5, 5.41) is 3.64. The fourth-order valence-electron chi connectivity index (χ4n) is 4.10. The van der Waals surface area contributed by atoms with Crippen molar-refractivity contribution in [2.75, 3.05) is 17.7 Å². The first-order valence-electron chi connectivity index (χ1n) is 11.7. The van der Waals surface area contributed by atoms with Crippen LogP contribution in [0.4, 0.5) is 5.69 Å². The van der Waals surface area contributed by atoms with E-state index in [4.69, 9.17) is 16.3 Å². The minimum absolute atomic E-state index is 0.160. The lowest BCUT2D eigenvalue weighted by Gasteiger charge is -2.23. The maximum absolute atomic E-state index is 13.0. The summed E-state index contributed by atoms with van der Waals surface area (Å²) in [6.45, 7) is 8.32. The van der Waals surface area contributed by atoms with Gasteiger partial charge in [-0.05, 0) is 90.6 Å². The van der Waals surface area contributed by atoms with Crippen molar-refractivity contribution in [1.82, 2.24) is 5.32 Å². The Bertz CT molecular complexity index is 1320. The van der Waals surface area contributed by atoms with Crippen molar-refractivity contribution in [2.24, 2.45) is 0 Å². The van der Waals surface area contributed by atoms with Crippen LogP contribution in [0.25, 0.3) is 0 Å². The maximum atomic E-state index is 13.0. The standard InChI is InChI=1S/C28H33ClN2O4S/c1-18(2)25-16-26(19(3)15-27(25)35-5)20(4)30-28(32)22-9-13-24(14-10-22)31(36(6,33)34)17-21-7-11-23(29)12-8-21/h7-16,18,20H,17H2,1-6H3,(H,30,32). The van der Waals surface area contributed by atoms with Crippen molar-refractivity contribution in [3.05, 3.63) is 93.5 Å². The second-order valence-electron chi connectivity index (χ2n) is 9.24. The highest BCUT2D eigenvalue weighted by Gasteiger charge is 2.20. The Morgan fingerprint density at radius 1 is 1.00 bits per heavy atom. The minimum atomic E-state index is -3.55. The molecule has 0 saturated heterocycles. The van der Waals surface area contributed by atoms with E-state index in [1.165, 1.54) is 4.31 Å². The molecule has 0 bridgehead atoms. The van der Waals surface area contributed by atoms with E-state index in [2.05, 4.69) is 25.2 Å². The Kier molecular flexibility index (Phi) is 8.69. The SMILES string of the molecule is COc1cc(C)c(C(C)NC(=O)c2ccc(N(Cc3ccc(Cl)cc3)S(C)(=O)=O)cc2)cc1C(C)C. The molecule has 0 aliphatic carbocycles. The fraction of sp³-hybridized carbons (Fsp3) is 0.321. The number of carbonyl (C=O) groups excluding carboxylic acids is 1. The first kappa shape index (κ1) is 27.6. The summed E-state index contributed by atoms with van der Waals surface area (Å²) in [6, 6.07) is 17.5. The molecule has 36 heavy (non-hydrogen) atoms. The number of benzene rings is 3. The quantitative estimate of drug-likeness (QED) is 0.357. The van der Waals surface area contributed by atoms with Crippen LogP contribution < -0.4 is 14.4 Å². The van der Waals surface area contributed by atoms with Crippen LogP contribution in [-0.4, -0.2) is 27.7 Å². The van der Waals surface area contributed by atoms with E-state index in [1.807, 2.05) is 19.9 Å². The summed E-state index contributed by atoms with van der Waals surface area (Å²) in [5.41, 5.74) is 4.87. The van der Waals surface area contributed by atoms with Crippen molar-refractivity contribution >= 4 is 33.2 Å². The minimum Gasteiger partial charge on any atom is -0.496 e. The number of halogens is 1. The summed E-state index contributed by atoms with van der Waals surface area (Å²) in [4.78, 5) is 13.0. The zero-order valence-corrected chi connectivity index (χ0v) is 23.1. The Labute approximate surface area is 219 Å². The summed E-state index contributed by atoms with van der Waals surface area (Å²) in [7, 11) is -1.88. The smallest absolute Gasteiger partial charge is 0.251 e. The summed E-state index contributed by atoms with van der Waals surface area (Å²) < 4.78 is 31.8. The van der Waals surface area contributed by atoms with Crippen LogP contribution in [0.2, 0.25) is 5.02 Å². The number of carbonyl (C=O) groups is 1. The molecule has 1 N–H and O–H groups in total. The molecule has 6 nitrogen and oxygen atoms in total. The highest BCUT2D eigenvalue weighted by molar-refractivity contribution is 7.92. The average molecular weight is 529 g/mol. The van der Waals surface area contributed by atoms with E-state index < -0.39 is 10.0 Å². The predicted molar refractivity (Wildman–Crippen MR) is 147 cm³/mol. The van der Waals surface area contributed by atoms with Gasteiger partial charge in [-0.2, -0.15) is 0 Å². The molecule has 8 heteroatoms. The van der Waals surface area contributed by atoms with E-state index in [1.54, 1.807) is 55.6 Å². The number of methoxy groups -OCH3 is 1. The third kappa shape index (κ3) is 6.59. The summed E-state index contributed by atoms with van der Waals surface area (Å²) in [5.74, 6) is 0.883. The monoisotopic (exact) mass is 528 g/mol. The normalized spacial score (nSPS) is 12.3. The largest absolute Gasteiger partial charge is 0.496 e. The highest BCUT2D eigenvalue weighted by atomic mass is 35.5. The van der Waals surface area contributed by atoms with E-state index in [9.17, 15) is 13.2 Å². The fourth-order valence-corrected chi connectivity index (χ4v) is 5.12. The number of sulfonamides is 1. The van der Waals surface area contributed by atoms with Gasteiger partial charge in [0.25, 0.3) is 5.91 Å². The van der Waals surface area contributed by atoms with Crippen LogP contribution in [-0.2, 0) is 16.6 Å². The molecule has 0 spiro atoms. The Morgan fingerprint density at radius 3 is 2.14 bits per heavy atom. The second kappa shape index (κ2) is 11.4. The van der Waals surface area contributed by atoms with Gasteiger partial charge in [0.1, 0.15) is 5.75 Å². The molecule has 1 unspecified atom stereocenters. The molecule has 0 radical (unpaired) electrons. The lowest BCUT2D eigenvalue weighted by molar-refractivity contribution is 0.0940. The highest BCUT2D eigenvalue weighted by Crippen LogP contribution is 2.32. The van der Waals surface area contributed by atoms with Gasteiger partial charge in [0.2, 0.25) is 10.0 Å². The van der Waals surface area contributed by atoms with Gasteiger partial charge in [0.15, 0.2) is 0 Å². The van der Waals surface area contributed by atoms with Gasteiger partial charge in [-0.1, -0.05) is 37.6 Å². The molecule has 0 saturated carbocycles. The molecule has 1 atom stereocenters. The predicted octanol–water partition coefficient (Wildman–Crippen LogP) is 6.24. The van der Waals surface area contributed by atoms with Gasteiger partial charge < -0.3 is 10.1 Å². The average Bonchev–Trinajstić information content (AvgIpc) is 2.82. The number of anilines is 1. The van der Waals surface area contributed by atoms with Crippen LogP contribution in [0, 0.1) is 6.92 Å². The molecule has 0 aliphatic rings. The molecule has 3 rings (SSSR count). The molecule has 192 valence electrons. The zero-order chi connectivity index (χ0) is 26.6. The number of aryl methyl sites for hydroxylation is 1. The van der Waals surface area contributed by atoms with Gasteiger partial charge in [0.05, 0.1) is 31.6 Å². The van der Waals surface area contributed by atoms with Crippen LogP contribution in [0.1, 0.15) is 65.3 Å². The molecular formula is C28H33ClN2O4S. The van der Waals surface area contributed by atoms with E-state index >= 15 is 0 Å². The number of nitrogens with one attached hydrogen (secondary N) is 1. The van der Waals surface area contributed by atoms with E-state index in [0.717, 1.165) is 34.3 Å². The van der Waals surface area contributed by atoms with Gasteiger partial charge in [-0.3, -0.25) is 9.10 Å². The van der Waals surface area contributed by atoms with Gasteiger partial charge >= 0.3 is 0 Å². The van der Waals surface area contributed by atoms with Crippen LogP contribution >= 0.6 is 11.6 Å². The third-order valence-electron chi connectivity index (χ3n) is 6.11. The number of rotatable bonds is 9. The van der Waals surface area contributed by atoms with Gasteiger partial charge in [-0.15, -0.1) is 0 Å². The number of hydrogen-bond acceptors (Lipinski definition) is 4. The molecule has 0 aliphatic heterocycles. The first-order chi connectivity index (χ1) is 16.9. The molecular weight excluding hydrogens is 496 g/mol. The lowest BCUT2D eigenvalue weighted by atomic mass is 9.93. The van der Waals surface area contributed by atoms with Crippen LogP contribution in [0.3, 0.4) is 0 Å². The maximum Gasteiger partial charge on any atom is 0.251 e. The Hall–Kier alpha value is -3.03. The van der Waals surface area contributed by atoms with Crippen LogP contribution in [0.15, 0.2) is 60.7 Å². The molecule has 1 amide bonds. The van der Waals surface area contributed by atoms with E-state index in [0.29, 0.717) is 16.3 Å². The Morgan fingerprint density at radius 2 is 1.61 bits per heavy atom. The number of ether oxygens (including phenoxy) is 1. The second-order valence-corrected chi connectivity index (χ2v) is 11.6. The summed E-state index contributed by atoms with van der Waals surface area (Å²) >= 11 is 5.95. The zero-order valence-electron chi connectivity index (χ0n) is 21.5. The lowest BCUT2D eigenvalue weighted by Crippen LogP contribution is -2.30. The van der Waals surface area contributed by atoms with Gasteiger partial charge in [-0.25, -0.2) is 8.42 Å². The molecule has 0 fully saturated rings. The Balaban J connectivity index is 1.79. The van der Waals surface area contributed by atoms with Crippen molar-refractivity contribution in [1.29, 1.82) is 0 Å². The molecule has 0 heterocycles. The molecule has 3 aromatic rings. The first-order valence-corrected chi connectivity index (χ1v) is 13.9. The van der Waals surface area contributed by atoms with Crippen molar-refractivity contribution in [2.45, 2.75) is 46.2 Å². The van der Waals surface area contributed by atoms with Crippen molar-refractivity contribution < 1.29 is 17.9 Å². The molecule has 3 aromatic carbocycles. The third-order valence-corrected chi connectivity index (χ3v) is 7.50. The number of nitrogens with zero attached hydrogens (tertiary/aromatic N) is 1.